The van der Waals surface area contributed by atoms with Crippen LogP contribution in [0, 0.1) is 0 Å². The van der Waals surface area contributed by atoms with Gasteiger partial charge in [0.15, 0.2) is 0 Å². The van der Waals surface area contributed by atoms with Crippen LogP contribution in [0.2, 0.25) is 0 Å². The number of hydrogen-bond donors (Lipinski definition) is 0. The lowest BCUT2D eigenvalue weighted by molar-refractivity contribution is 0.717. The molecule has 26 heavy (non-hydrogen) atoms. The van der Waals surface area contributed by atoms with Gasteiger partial charge in [0.1, 0.15) is 0 Å². The molecule has 0 aliphatic rings. The van der Waals surface area contributed by atoms with Gasteiger partial charge < -0.3 is 0 Å². The molecule has 0 saturated carbocycles. The first-order chi connectivity index (χ1) is 12.8. The molecule has 136 valence electrons. The van der Waals surface area contributed by atoms with Crippen molar-refractivity contribution in [1.82, 2.24) is 0 Å². The van der Waals surface area contributed by atoms with Crippen molar-refractivity contribution >= 4 is 12.4 Å². The maximum Gasteiger partial charge on any atom is 0.0568 e. The van der Waals surface area contributed by atoms with E-state index in [0.29, 0.717) is 0 Å². The summed E-state index contributed by atoms with van der Waals surface area (Å²) in [5, 5.41) is 8.32. The van der Waals surface area contributed by atoms with Crippen molar-refractivity contribution < 1.29 is 0 Å². The lowest BCUT2D eigenvalue weighted by Crippen LogP contribution is -1.87. The molecule has 0 fully saturated rings. The fourth-order valence-electron chi connectivity index (χ4n) is 2.74. The highest BCUT2D eigenvalue weighted by atomic mass is 15.2. The predicted octanol–water partition coefficient (Wildman–Crippen LogP) is 6.38. The van der Waals surface area contributed by atoms with Crippen molar-refractivity contribution in [3.63, 3.8) is 0 Å². The van der Waals surface area contributed by atoms with Gasteiger partial charge in [-0.3, -0.25) is 0 Å². The molecule has 0 bridgehead atoms. The average molecular weight is 347 g/mol. The van der Waals surface area contributed by atoms with E-state index in [1.54, 1.807) is 12.4 Å². The molecule has 0 amide bonds. The second kappa shape index (κ2) is 12.0. The Kier molecular flexibility index (Phi) is 9.13. The van der Waals surface area contributed by atoms with Gasteiger partial charge in [0.25, 0.3) is 0 Å². The molecule has 0 N–H and O–H groups in total. The summed E-state index contributed by atoms with van der Waals surface area (Å²) < 4.78 is 0. The van der Waals surface area contributed by atoms with E-state index in [-0.39, 0.29) is 0 Å². The van der Waals surface area contributed by atoms with Gasteiger partial charge in [-0.2, -0.15) is 10.2 Å². The number of unbranched alkanes of at least 4 members (excludes halogenated alkanes) is 2. The van der Waals surface area contributed by atoms with Crippen molar-refractivity contribution in [3.05, 3.63) is 82.9 Å². The van der Waals surface area contributed by atoms with E-state index < -0.39 is 0 Å². The van der Waals surface area contributed by atoms with Crippen molar-refractivity contribution in [3.8, 4) is 0 Å². The van der Waals surface area contributed by atoms with Crippen LogP contribution in [0.4, 0.5) is 0 Å². The van der Waals surface area contributed by atoms with E-state index in [4.69, 9.17) is 0 Å². The fraction of sp³-hybridized carbons (Fsp3) is 0.333. The zero-order chi connectivity index (χ0) is 18.5. The maximum absolute atomic E-state index is 4.16. The van der Waals surface area contributed by atoms with Crippen LogP contribution in [0.1, 0.15) is 61.8 Å². The average Bonchev–Trinajstić information content (AvgIpc) is 2.68. The second-order valence-corrected chi connectivity index (χ2v) is 6.54. The highest BCUT2D eigenvalue weighted by Gasteiger charge is 1.94. The third-order valence-electron chi connectivity index (χ3n) is 4.34. The van der Waals surface area contributed by atoms with E-state index in [0.717, 1.165) is 30.4 Å². The van der Waals surface area contributed by atoms with Crippen LogP contribution in [0.25, 0.3) is 0 Å². The molecule has 0 aromatic heterocycles. The van der Waals surface area contributed by atoms with Crippen LogP contribution >= 0.6 is 0 Å². The summed E-state index contributed by atoms with van der Waals surface area (Å²) in [6.07, 6.45) is 15.1. The minimum atomic E-state index is 1.07. The number of nitrogens with zero attached hydrogens (tertiary/aromatic N) is 2. The third kappa shape index (κ3) is 7.60. The molecule has 2 rings (SSSR count). The molecule has 0 heterocycles. The summed E-state index contributed by atoms with van der Waals surface area (Å²) in [6.45, 7) is 4.29. The molecule has 2 aromatic rings. The molecule has 2 nitrogen and oxygen atoms in total. The Labute approximate surface area is 158 Å². The molecule has 0 atom stereocenters. The SMILES string of the molecule is CC=CCCc1ccc(C=NN=Cc2ccc(CCCCC)cc2)cc1. The summed E-state index contributed by atoms with van der Waals surface area (Å²) in [7, 11) is 0. The zero-order valence-electron chi connectivity index (χ0n) is 16.1. The Hall–Kier alpha value is -2.48. The number of aryl methyl sites for hydroxylation is 2. The number of allylic oxidation sites excluding steroid dienone is 2. The van der Waals surface area contributed by atoms with Crippen LogP contribution < -0.4 is 0 Å². The van der Waals surface area contributed by atoms with Gasteiger partial charge in [-0.25, -0.2) is 0 Å². The number of hydrogen-bond acceptors (Lipinski definition) is 2. The lowest BCUT2D eigenvalue weighted by atomic mass is 10.1. The van der Waals surface area contributed by atoms with Gasteiger partial charge >= 0.3 is 0 Å². The molecular weight excluding hydrogens is 316 g/mol. The fourth-order valence-corrected chi connectivity index (χ4v) is 2.74. The Bertz CT molecular complexity index is 707. The summed E-state index contributed by atoms with van der Waals surface area (Å²) in [4.78, 5) is 0. The number of benzene rings is 2. The second-order valence-electron chi connectivity index (χ2n) is 6.54. The van der Waals surface area contributed by atoms with Crippen molar-refractivity contribution in [2.45, 2.75) is 52.4 Å². The molecule has 0 unspecified atom stereocenters. The van der Waals surface area contributed by atoms with Gasteiger partial charge in [-0.05, 0) is 54.9 Å². The first-order valence-electron chi connectivity index (χ1n) is 9.67. The Morgan fingerprint density at radius 1 is 0.731 bits per heavy atom. The molecule has 0 spiro atoms. The van der Waals surface area contributed by atoms with Crippen molar-refractivity contribution in [1.29, 1.82) is 0 Å². The summed E-state index contributed by atoms with van der Waals surface area (Å²) in [5.74, 6) is 0. The molecule has 0 saturated heterocycles. The molecular formula is C24H30N2. The molecule has 0 aliphatic heterocycles. The summed E-state index contributed by atoms with van der Waals surface area (Å²) in [6, 6.07) is 17.1. The first-order valence-corrected chi connectivity index (χ1v) is 9.67. The Morgan fingerprint density at radius 2 is 1.27 bits per heavy atom. The van der Waals surface area contributed by atoms with Gasteiger partial charge in [-0.15, -0.1) is 0 Å². The standard InChI is InChI=1S/C24H30N2/c1-3-5-7-9-21-11-15-23(16-12-21)19-25-26-20-24-17-13-22(14-18-24)10-8-6-4-2/h3,5,11-20H,4,6-10H2,1-2H3. The Balaban J connectivity index is 1.81. The topological polar surface area (TPSA) is 24.7 Å². The summed E-state index contributed by atoms with van der Waals surface area (Å²) in [5.41, 5.74) is 4.90. The maximum atomic E-state index is 4.16. The van der Waals surface area contributed by atoms with E-state index in [2.05, 4.69) is 84.7 Å². The first kappa shape index (κ1) is 19.8. The van der Waals surface area contributed by atoms with Gasteiger partial charge in [0, 0.05) is 0 Å². The van der Waals surface area contributed by atoms with Crippen LogP contribution in [0.5, 0.6) is 0 Å². The third-order valence-corrected chi connectivity index (χ3v) is 4.34. The smallest absolute Gasteiger partial charge is 0.0568 e. The minimum Gasteiger partial charge on any atom is -0.159 e. The van der Waals surface area contributed by atoms with Crippen LogP contribution in [0.15, 0.2) is 70.9 Å². The molecule has 0 aliphatic carbocycles. The quantitative estimate of drug-likeness (QED) is 0.206. The van der Waals surface area contributed by atoms with Crippen molar-refractivity contribution in [2.24, 2.45) is 10.2 Å². The highest BCUT2D eigenvalue weighted by Crippen LogP contribution is 2.08. The van der Waals surface area contributed by atoms with Gasteiger partial charge in [-0.1, -0.05) is 80.4 Å². The molecule has 2 heteroatoms. The Morgan fingerprint density at radius 3 is 1.77 bits per heavy atom. The van der Waals surface area contributed by atoms with Crippen LogP contribution in [-0.2, 0) is 12.8 Å². The summed E-state index contributed by atoms with van der Waals surface area (Å²) >= 11 is 0. The minimum absolute atomic E-state index is 1.07. The largest absolute Gasteiger partial charge is 0.159 e. The number of rotatable bonds is 10. The monoisotopic (exact) mass is 346 g/mol. The van der Waals surface area contributed by atoms with Crippen molar-refractivity contribution in [2.75, 3.05) is 0 Å². The lowest BCUT2D eigenvalue weighted by Gasteiger charge is -2.00. The van der Waals surface area contributed by atoms with E-state index in [1.165, 1.54) is 30.4 Å². The van der Waals surface area contributed by atoms with Gasteiger partial charge in [0.05, 0.1) is 12.4 Å². The highest BCUT2D eigenvalue weighted by molar-refractivity contribution is 5.82. The predicted molar refractivity (Wildman–Crippen MR) is 114 cm³/mol. The van der Waals surface area contributed by atoms with Crippen LogP contribution in [-0.4, -0.2) is 12.4 Å². The van der Waals surface area contributed by atoms with Gasteiger partial charge in [0.2, 0.25) is 0 Å². The van der Waals surface area contributed by atoms with Crippen LogP contribution in [0.3, 0.4) is 0 Å². The van der Waals surface area contributed by atoms with E-state index in [9.17, 15) is 0 Å². The molecule has 2 aromatic carbocycles. The normalized spacial score (nSPS) is 11.9. The zero-order valence-corrected chi connectivity index (χ0v) is 16.1. The van der Waals surface area contributed by atoms with E-state index in [1.807, 2.05) is 0 Å². The molecule has 0 radical (unpaired) electrons. The van der Waals surface area contributed by atoms with E-state index >= 15 is 0 Å².